The zero-order chi connectivity index (χ0) is 24.7. The molecule has 1 fully saturated rings. The van der Waals surface area contributed by atoms with Gasteiger partial charge in [-0.3, -0.25) is 4.79 Å². The molecule has 4 heterocycles. The number of nitrogens with zero attached hydrogens (tertiary/aromatic N) is 3. The summed E-state index contributed by atoms with van der Waals surface area (Å²) in [5, 5.41) is 10.2. The second kappa shape index (κ2) is 11.6. The molecule has 0 bridgehead atoms. The van der Waals surface area contributed by atoms with Gasteiger partial charge in [0.25, 0.3) is 5.91 Å². The summed E-state index contributed by atoms with van der Waals surface area (Å²) in [6, 6.07) is 17.5. The Kier molecular flexibility index (Phi) is 7.85. The van der Waals surface area contributed by atoms with Crippen molar-refractivity contribution in [3.63, 3.8) is 0 Å². The van der Waals surface area contributed by atoms with Gasteiger partial charge in [0, 0.05) is 30.9 Å². The van der Waals surface area contributed by atoms with Gasteiger partial charge < -0.3 is 16.0 Å². The van der Waals surface area contributed by atoms with Crippen molar-refractivity contribution in [2.75, 3.05) is 18.4 Å². The van der Waals surface area contributed by atoms with Crippen molar-refractivity contribution in [2.45, 2.75) is 33.9 Å². The Labute approximate surface area is 217 Å². The van der Waals surface area contributed by atoms with E-state index in [1.54, 1.807) is 18.5 Å². The first-order chi connectivity index (χ1) is 17.7. The van der Waals surface area contributed by atoms with Gasteiger partial charge in [0.15, 0.2) is 16.6 Å². The largest absolute Gasteiger partial charge is 0.350 e. The number of anilines is 2. The van der Waals surface area contributed by atoms with Crippen LogP contribution in [0.1, 0.15) is 34.8 Å². The Balaban J connectivity index is 1.26. The fourth-order valence-electron chi connectivity index (χ4n) is 4.22. The maximum Gasteiger partial charge on any atom is 0.272 e. The van der Waals surface area contributed by atoms with Crippen LogP contribution >= 0.6 is 23.1 Å². The average molecular weight is 521 g/mol. The average Bonchev–Trinajstić information content (AvgIpc) is 3.59. The number of amides is 1. The second-order valence-corrected chi connectivity index (χ2v) is 10.7. The van der Waals surface area contributed by atoms with E-state index in [0.717, 1.165) is 29.2 Å². The first-order valence-electron chi connectivity index (χ1n) is 11.7. The van der Waals surface area contributed by atoms with E-state index >= 15 is 4.39 Å². The number of carbonyl (C=O) groups excluding carboxylic acids is 1. The second-order valence-electron chi connectivity index (χ2n) is 8.33. The number of hydrogen-bond donors (Lipinski definition) is 3. The lowest BCUT2D eigenvalue weighted by Gasteiger charge is -2.24. The van der Waals surface area contributed by atoms with E-state index in [4.69, 9.17) is 0 Å². The number of hydrogen-bond acceptors (Lipinski definition) is 8. The summed E-state index contributed by atoms with van der Waals surface area (Å²) >= 11 is 2.59. The molecule has 0 aliphatic carbocycles. The molecule has 7 nitrogen and oxygen atoms in total. The van der Waals surface area contributed by atoms with E-state index in [9.17, 15) is 4.79 Å². The summed E-state index contributed by atoms with van der Waals surface area (Å²) in [6.45, 7) is 1.37. The standard InChI is InChI=1S/C26H25FN6OS2/c27-23-20(35-22-16-32-26(36-22)33-21-10-4-5-12-29-21)11-14-30-24(23)25(34)31-15-18(19-9-6-13-28-19)17-7-2-1-3-8-17/h1-5,7-8,10-12,14,16,18-19,28H,6,9,13,15H2,(H,31,34)(H,29,32,33). The van der Waals surface area contributed by atoms with Crippen LogP contribution in [0.25, 0.3) is 0 Å². The molecule has 0 saturated carbocycles. The van der Waals surface area contributed by atoms with E-state index in [1.807, 2.05) is 36.4 Å². The molecule has 0 spiro atoms. The molecule has 1 amide bonds. The Morgan fingerprint density at radius 2 is 1.97 bits per heavy atom. The van der Waals surface area contributed by atoms with Crippen LogP contribution in [0.2, 0.25) is 0 Å². The lowest BCUT2D eigenvalue weighted by Crippen LogP contribution is -2.38. The predicted octanol–water partition coefficient (Wildman–Crippen LogP) is 5.23. The summed E-state index contributed by atoms with van der Waals surface area (Å²) in [6.07, 6.45) is 6.96. The van der Waals surface area contributed by atoms with Gasteiger partial charge in [-0.2, -0.15) is 0 Å². The monoisotopic (exact) mass is 520 g/mol. The number of benzene rings is 1. The molecular weight excluding hydrogens is 495 g/mol. The van der Waals surface area contributed by atoms with Crippen LogP contribution in [0.5, 0.6) is 0 Å². The van der Waals surface area contributed by atoms with Crippen molar-refractivity contribution in [1.82, 2.24) is 25.6 Å². The molecule has 184 valence electrons. The van der Waals surface area contributed by atoms with Gasteiger partial charge in [-0.15, -0.1) is 0 Å². The SMILES string of the molecule is O=C(NCC(c1ccccc1)C1CCCN1)c1nccc(Sc2cnc(Nc3ccccn3)s2)c1F. The van der Waals surface area contributed by atoms with Gasteiger partial charge >= 0.3 is 0 Å². The maximum absolute atomic E-state index is 15.3. The third-order valence-electron chi connectivity index (χ3n) is 5.96. The lowest BCUT2D eigenvalue weighted by atomic mass is 9.90. The molecule has 2 atom stereocenters. The van der Waals surface area contributed by atoms with Crippen molar-refractivity contribution in [1.29, 1.82) is 0 Å². The molecule has 0 radical (unpaired) electrons. The van der Waals surface area contributed by atoms with Crippen molar-refractivity contribution < 1.29 is 9.18 Å². The van der Waals surface area contributed by atoms with Gasteiger partial charge in [0.1, 0.15) is 5.82 Å². The number of rotatable bonds is 9. The van der Waals surface area contributed by atoms with E-state index in [1.165, 1.54) is 29.3 Å². The highest BCUT2D eigenvalue weighted by Crippen LogP contribution is 2.36. The predicted molar refractivity (Wildman–Crippen MR) is 140 cm³/mol. The smallest absolute Gasteiger partial charge is 0.272 e. The number of thiazole rings is 1. The Bertz CT molecular complexity index is 1300. The van der Waals surface area contributed by atoms with Crippen LogP contribution in [-0.2, 0) is 0 Å². The van der Waals surface area contributed by atoms with Crippen molar-refractivity contribution in [3.8, 4) is 0 Å². The minimum atomic E-state index is -0.636. The van der Waals surface area contributed by atoms with Crippen molar-refractivity contribution in [3.05, 3.63) is 90.3 Å². The third-order valence-corrected chi connectivity index (χ3v) is 8.01. The third kappa shape index (κ3) is 5.89. The molecule has 1 aliphatic heterocycles. The van der Waals surface area contributed by atoms with E-state index in [2.05, 4.69) is 43.0 Å². The molecule has 10 heteroatoms. The fourth-order valence-corrected chi connectivity index (χ4v) is 6.08. The summed E-state index contributed by atoms with van der Waals surface area (Å²) in [5.41, 5.74) is 0.942. The van der Waals surface area contributed by atoms with Crippen molar-refractivity contribution >= 4 is 40.0 Å². The first kappa shape index (κ1) is 24.4. The van der Waals surface area contributed by atoms with E-state index in [0.29, 0.717) is 22.4 Å². The van der Waals surface area contributed by atoms with Crippen LogP contribution in [0, 0.1) is 5.82 Å². The zero-order valence-electron chi connectivity index (χ0n) is 19.4. The molecule has 3 aromatic heterocycles. The van der Waals surface area contributed by atoms with Gasteiger partial charge in [0.05, 0.1) is 15.3 Å². The topological polar surface area (TPSA) is 91.8 Å². The highest BCUT2D eigenvalue weighted by Gasteiger charge is 2.27. The molecule has 1 aromatic carbocycles. The lowest BCUT2D eigenvalue weighted by molar-refractivity contribution is 0.0939. The Morgan fingerprint density at radius 3 is 2.75 bits per heavy atom. The number of aromatic nitrogens is 3. The molecule has 3 N–H and O–H groups in total. The van der Waals surface area contributed by atoms with Crippen LogP contribution < -0.4 is 16.0 Å². The van der Waals surface area contributed by atoms with E-state index in [-0.39, 0.29) is 17.7 Å². The molecule has 4 aromatic rings. The normalized spacial score (nSPS) is 16.0. The molecule has 2 unspecified atom stereocenters. The summed E-state index contributed by atoms with van der Waals surface area (Å²) in [7, 11) is 0. The summed E-state index contributed by atoms with van der Waals surface area (Å²) < 4.78 is 16.1. The summed E-state index contributed by atoms with van der Waals surface area (Å²) in [4.78, 5) is 25.9. The van der Waals surface area contributed by atoms with Crippen LogP contribution in [0.3, 0.4) is 0 Å². The number of carbonyl (C=O) groups is 1. The quantitative estimate of drug-likeness (QED) is 0.278. The molecule has 1 saturated heterocycles. The van der Waals surface area contributed by atoms with Crippen LogP contribution in [0.4, 0.5) is 15.3 Å². The Hall–Kier alpha value is -3.34. The number of nitrogens with one attached hydrogen (secondary N) is 3. The maximum atomic E-state index is 15.3. The minimum absolute atomic E-state index is 0.0977. The summed E-state index contributed by atoms with van der Waals surface area (Å²) in [5.74, 6) is -0.377. The van der Waals surface area contributed by atoms with E-state index < -0.39 is 11.7 Å². The molecular formula is C26H25FN6OS2. The Morgan fingerprint density at radius 1 is 1.11 bits per heavy atom. The molecule has 36 heavy (non-hydrogen) atoms. The first-order valence-corrected chi connectivity index (χ1v) is 13.3. The molecule has 5 rings (SSSR count). The minimum Gasteiger partial charge on any atom is -0.350 e. The van der Waals surface area contributed by atoms with Crippen LogP contribution in [0.15, 0.2) is 82.3 Å². The van der Waals surface area contributed by atoms with Gasteiger partial charge in [-0.25, -0.2) is 19.3 Å². The van der Waals surface area contributed by atoms with Gasteiger partial charge in [-0.1, -0.05) is 59.5 Å². The highest BCUT2D eigenvalue weighted by molar-refractivity contribution is 8.01. The zero-order valence-corrected chi connectivity index (χ0v) is 21.0. The fraction of sp³-hybridized carbons (Fsp3) is 0.231. The van der Waals surface area contributed by atoms with Crippen LogP contribution in [-0.4, -0.2) is 40.0 Å². The van der Waals surface area contributed by atoms with Gasteiger partial charge in [-0.05, 0) is 43.1 Å². The van der Waals surface area contributed by atoms with Gasteiger partial charge in [0.2, 0.25) is 0 Å². The highest BCUT2D eigenvalue weighted by atomic mass is 32.2. The molecule has 1 aliphatic rings. The number of pyridine rings is 2. The number of halogens is 1. The van der Waals surface area contributed by atoms with Crippen molar-refractivity contribution in [2.24, 2.45) is 0 Å².